The van der Waals surface area contributed by atoms with Gasteiger partial charge in [0.15, 0.2) is 0 Å². The lowest BCUT2D eigenvalue weighted by molar-refractivity contribution is -0.117. The number of nitrogens with two attached hydrogens (primary N) is 1. The lowest BCUT2D eigenvalue weighted by atomic mass is 9.95. The van der Waals surface area contributed by atoms with Gasteiger partial charge in [0.25, 0.3) is 0 Å². The van der Waals surface area contributed by atoms with Crippen LogP contribution in [0.1, 0.15) is 36.8 Å². The predicted molar refractivity (Wildman–Crippen MR) is 110 cm³/mol. The van der Waals surface area contributed by atoms with E-state index in [2.05, 4.69) is 42.3 Å². The van der Waals surface area contributed by atoms with Crippen molar-refractivity contribution in [1.82, 2.24) is 4.90 Å². The number of amides is 1. The van der Waals surface area contributed by atoms with Crippen molar-refractivity contribution in [1.29, 1.82) is 0 Å². The fourth-order valence-electron chi connectivity index (χ4n) is 3.47. The van der Waals surface area contributed by atoms with Gasteiger partial charge in [-0.1, -0.05) is 56.3 Å². The molecule has 0 spiro atoms. The van der Waals surface area contributed by atoms with E-state index >= 15 is 0 Å². The Morgan fingerprint density at radius 3 is 2.58 bits per heavy atom. The third-order valence-corrected chi connectivity index (χ3v) is 4.87. The average Bonchev–Trinajstić information content (AvgIpc) is 2.96. The lowest BCUT2D eigenvalue weighted by Gasteiger charge is -2.16. The third-order valence-electron chi connectivity index (χ3n) is 4.87. The number of hydrogen-bond donors (Lipinski definition) is 2. The number of benzene rings is 2. The minimum atomic E-state index is 0. The molecule has 0 aliphatic carbocycles. The number of nitrogens with zero attached hydrogens (tertiary/aromatic N) is 1. The van der Waals surface area contributed by atoms with Gasteiger partial charge in [0.1, 0.15) is 0 Å². The van der Waals surface area contributed by atoms with Crippen LogP contribution >= 0.6 is 12.4 Å². The number of carbonyl (C=O) groups excluding carboxylic acids is 1. The molecule has 26 heavy (non-hydrogen) atoms. The first-order valence-electron chi connectivity index (χ1n) is 8.95. The Bertz CT molecular complexity index is 720. The van der Waals surface area contributed by atoms with Crippen molar-refractivity contribution in [2.24, 2.45) is 5.73 Å². The zero-order valence-electron chi connectivity index (χ0n) is 15.4. The molecule has 3 rings (SSSR count). The number of nitrogens with one attached hydrogen (secondary N) is 1. The number of rotatable bonds is 5. The van der Waals surface area contributed by atoms with Crippen LogP contribution in [-0.2, 0) is 4.79 Å². The molecule has 0 unspecified atom stereocenters. The van der Waals surface area contributed by atoms with Crippen LogP contribution in [0.3, 0.4) is 0 Å². The van der Waals surface area contributed by atoms with E-state index in [0.29, 0.717) is 18.4 Å². The van der Waals surface area contributed by atoms with Crippen LogP contribution in [0, 0.1) is 0 Å². The molecular weight excluding hydrogens is 346 g/mol. The molecule has 2 aromatic carbocycles. The van der Waals surface area contributed by atoms with Crippen molar-refractivity contribution >= 4 is 24.0 Å². The second-order valence-electron chi connectivity index (χ2n) is 7.20. The first-order chi connectivity index (χ1) is 12.0. The molecule has 1 aliphatic rings. The maximum absolute atomic E-state index is 12.4. The van der Waals surface area contributed by atoms with E-state index in [-0.39, 0.29) is 24.4 Å². The maximum atomic E-state index is 12.4. The van der Waals surface area contributed by atoms with Gasteiger partial charge in [-0.05, 0) is 29.2 Å². The Balaban J connectivity index is 0.00000243. The Labute approximate surface area is 162 Å². The molecule has 1 amide bonds. The number of carbonyl (C=O) groups is 1. The summed E-state index contributed by atoms with van der Waals surface area (Å²) in [6, 6.07) is 18.5. The number of anilines is 1. The summed E-state index contributed by atoms with van der Waals surface area (Å²) in [7, 11) is 0. The zero-order chi connectivity index (χ0) is 17.8. The highest BCUT2D eigenvalue weighted by molar-refractivity contribution is 5.92. The van der Waals surface area contributed by atoms with E-state index in [1.165, 1.54) is 11.1 Å². The second kappa shape index (κ2) is 9.17. The van der Waals surface area contributed by atoms with Crippen LogP contribution in [0.5, 0.6) is 0 Å². The molecule has 3 N–H and O–H groups in total. The summed E-state index contributed by atoms with van der Waals surface area (Å²) < 4.78 is 0. The van der Waals surface area contributed by atoms with Crippen molar-refractivity contribution in [3.63, 3.8) is 0 Å². The molecule has 1 saturated heterocycles. The second-order valence-corrected chi connectivity index (χ2v) is 7.20. The lowest BCUT2D eigenvalue weighted by Crippen LogP contribution is -2.33. The zero-order valence-corrected chi connectivity index (χ0v) is 16.2. The molecule has 140 valence electrons. The summed E-state index contributed by atoms with van der Waals surface area (Å²) >= 11 is 0. The molecule has 4 nitrogen and oxygen atoms in total. The van der Waals surface area contributed by atoms with Crippen molar-refractivity contribution in [3.05, 3.63) is 65.7 Å². The quantitative estimate of drug-likeness (QED) is 0.841. The van der Waals surface area contributed by atoms with Gasteiger partial charge in [-0.2, -0.15) is 0 Å². The van der Waals surface area contributed by atoms with Gasteiger partial charge in [0.05, 0.1) is 6.54 Å². The smallest absolute Gasteiger partial charge is 0.238 e. The average molecular weight is 374 g/mol. The summed E-state index contributed by atoms with van der Waals surface area (Å²) in [5, 5.41) is 3.01. The van der Waals surface area contributed by atoms with Crippen molar-refractivity contribution in [3.8, 4) is 0 Å². The molecule has 0 radical (unpaired) electrons. The minimum absolute atomic E-state index is 0. The Morgan fingerprint density at radius 2 is 1.88 bits per heavy atom. The normalized spacial score (nSPS) is 20.0. The molecule has 0 saturated carbocycles. The highest BCUT2D eigenvalue weighted by atomic mass is 35.5. The topological polar surface area (TPSA) is 58.4 Å². The number of likely N-dealkylation sites (tertiary alicyclic amines) is 1. The van der Waals surface area contributed by atoms with Crippen molar-refractivity contribution < 1.29 is 4.79 Å². The van der Waals surface area contributed by atoms with Crippen LogP contribution < -0.4 is 11.1 Å². The first kappa shape index (κ1) is 20.4. The van der Waals surface area contributed by atoms with E-state index in [4.69, 9.17) is 5.73 Å². The third kappa shape index (κ3) is 5.07. The Kier molecular flexibility index (Phi) is 7.21. The van der Waals surface area contributed by atoms with Gasteiger partial charge in [-0.25, -0.2) is 0 Å². The molecule has 1 heterocycles. The standard InChI is InChI=1S/C21H27N3O.ClH/c1-15(2)17-9-6-10-18(11-17)23-21(25)14-24-12-19(20(22)13-24)16-7-4-3-5-8-16;/h3-11,15,19-20H,12-14,22H2,1-2H3,(H,23,25);1H/t19-,20+;/m0./s1. The largest absolute Gasteiger partial charge is 0.326 e. The number of hydrogen-bond acceptors (Lipinski definition) is 3. The van der Waals surface area contributed by atoms with Crippen molar-refractivity contribution in [2.45, 2.75) is 31.7 Å². The van der Waals surface area contributed by atoms with E-state index in [1.807, 2.05) is 36.4 Å². The monoisotopic (exact) mass is 373 g/mol. The Morgan fingerprint density at radius 1 is 1.15 bits per heavy atom. The predicted octanol–water partition coefficient (Wildman–Crippen LogP) is 3.60. The molecule has 1 fully saturated rings. The number of halogens is 1. The van der Waals surface area contributed by atoms with E-state index in [9.17, 15) is 4.79 Å². The van der Waals surface area contributed by atoms with Crippen molar-refractivity contribution in [2.75, 3.05) is 25.0 Å². The highest BCUT2D eigenvalue weighted by Crippen LogP contribution is 2.26. The molecule has 1 aliphatic heterocycles. The van der Waals surface area contributed by atoms with Gasteiger partial charge in [0.2, 0.25) is 5.91 Å². The van der Waals surface area contributed by atoms with Crippen LogP contribution in [0.2, 0.25) is 0 Å². The summed E-state index contributed by atoms with van der Waals surface area (Å²) in [4.78, 5) is 14.5. The summed E-state index contributed by atoms with van der Waals surface area (Å²) in [5.74, 6) is 0.750. The fourth-order valence-corrected chi connectivity index (χ4v) is 3.47. The van der Waals surface area contributed by atoms with Crippen LogP contribution in [-0.4, -0.2) is 36.5 Å². The highest BCUT2D eigenvalue weighted by Gasteiger charge is 2.31. The van der Waals surface area contributed by atoms with E-state index in [0.717, 1.165) is 18.8 Å². The first-order valence-corrected chi connectivity index (χ1v) is 8.95. The van der Waals surface area contributed by atoms with Gasteiger partial charge in [-0.3, -0.25) is 9.69 Å². The molecular formula is C21H28ClN3O. The summed E-state index contributed by atoms with van der Waals surface area (Å²) in [6.07, 6.45) is 0. The van der Waals surface area contributed by atoms with E-state index < -0.39 is 0 Å². The maximum Gasteiger partial charge on any atom is 0.238 e. The van der Waals surface area contributed by atoms with Gasteiger partial charge in [0, 0.05) is 30.7 Å². The SMILES string of the molecule is CC(C)c1cccc(NC(=O)CN2C[C@@H](N)[C@H](c3ccccc3)C2)c1.Cl. The van der Waals surface area contributed by atoms with Crippen LogP contribution in [0.15, 0.2) is 54.6 Å². The van der Waals surface area contributed by atoms with Gasteiger partial charge in [-0.15, -0.1) is 12.4 Å². The molecule has 2 atom stereocenters. The molecule has 5 heteroatoms. The summed E-state index contributed by atoms with van der Waals surface area (Å²) in [5.41, 5.74) is 9.65. The Hall–Kier alpha value is -1.88. The molecule has 0 aromatic heterocycles. The van der Waals surface area contributed by atoms with Gasteiger partial charge < -0.3 is 11.1 Å². The van der Waals surface area contributed by atoms with Gasteiger partial charge >= 0.3 is 0 Å². The molecule has 2 aromatic rings. The minimum Gasteiger partial charge on any atom is -0.326 e. The fraction of sp³-hybridized carbons (Fsp3) is 0.381. The molecule has 0 bridgehead atoms. The van der Waals surface area contributed by atoms with E-state index in [1.54, 1.807) is 0 Å². The van der Waals surface area contributed by atoms with Crippen LogP contribution in [0.4, 0.5) is 5.69 Å². The van der Waals surface area contributed by atoms with Crippen LogP contribution in [0.25, 0.3) is 0 Å². The summed E-state index contributed by atoms with van der Waals surface area (Å²) in [6.45, 7) is 6.25.